The third-order valence-corrected chi connectivity index (χ3v) is 2.45. The Morgan fingerprint density at radius 3 is 2.43 bits per heavy atom. The lowest BCUT2D eigenvalue weighted by molar-refractivity contribution is 0.275. The largest absolute Gasteiger partial charge is 0.271 e. The molecule has 14 heavy (non-hydrogen) atoms. The Kier molecular flexibility index (Phi) is 3.53. The maximum absolute atomic E-state index is 5.93. The van der Waals surface area contributed by atoms with Gasteiger partial charge in [-0.1, -0.05) is 44.5 Å². The number of nitrogens with one attached hydrogen (secondary N) is 1. The average molecular weight is 213 g/mol. The van der Waals surface area contributed by atoms with Crippen LogP contribution in [0.4, 0.5) is 0 Å². The fraction of sp³-hybridized carbons (Fsp3) is 0.455. The first-order chi connectivity index (χ1) is 6.45. The summed E-state index contributed by atoms with van der Waals surface area (Å²) in [7, 11) is 0. The number of rotatable bonds is 2. The van der Waals surface area contributed by atoms with E-state index in [9.17, 15) is 0 Å². The summed E-state index contributed by atoms with van der Waals surface area (Å²) < 4.78 is 0. The maximum Gasteiger partial charge on any atom is 0.0508 e. The zero-order valence-electron chi connectivity index (χ0n) is 8.84. The third kappa shape index (κ3) is 2.71. The first-order valence-corrected chi connectivity index (χ1v) is 5.04. The molecule has 0 aliphatic heterocycles. The van der Waals surface area contributed by atoms with E-state index in [1.165, 1.54) is 0 Å². The lowest BCUT2D eigenvalue weighted by Gasteiger charge is -2.30. The van der Waals surface area contributed by atoms with Gasteiger partial charge in [-0.15, -0.1) is 0 Å². The molecule has 1 rings (SSSR count). The molecule has 1 unspecified atom stereocenters. The van der Waals surface area contributed by atoms with Gasteiger partial charge in [0.1, 0.15) is 0 Å². The summed E-state index contributed by atoms with van der Waals surface area (Å²) in [6.07, 6.45) is 0. The van der Waals surface area contributed by atoms with Gasteiger partial charge in [0, 0.05) is 5.02 Å². The normalized spacial score (nSPS) is 14.1. The third-order valence-electron chi connectivity index (χ3n) is 2.21. The van der Waals surface area contributed by atoms with E-state index in [-0.39, 0.29) is 11.5 Å². The minimum atomic E-state index is 0.0689. The van der Waals surface area contributed by atoms with Crippen molar-refractivity contribution < 1.29 is 0 Å². The first-order valence-electron chi connectivity index (χ1n) is 4.67. The van der Waals surface area contributed by atoms with Crippen molar-refractivity contribution in [2.24, 2.45) is 11.3 Å². The van der Waals surface area contributed by atoms with Crippen LogP contribution < -0.4 is 11.3 Å². The van der Waals surface area contributed by atoms with Crippen LogP contribution in [0.1, 0.15) is 32.4 Å². The Morgan fingerprint density at radius 1 is 1.36 bits per heavy atom. The topological polar surface area (TPSA) is 38.0 Å². The highest BCUT2D eigenvalue weighted by atomic mass is 35.5. The van der Waals surface area contributed by atoms with Crippen molar-refractivity contribution in [2.75, 3.05) is 0 Å². The summed E-state index contributed by atoms with van der Waals surface area (Å²) in [6, 6.07) is 7.88. The molecule has 0 heterocycles. The predicted octanol–water partition coefficient (Wildman–Crippen LogP) is 2.89. The lowest BCUT2D eigenvalue weighted by Crippen LogP contribution is -2.36. The SMILES string of the molecule is CC(C)(C)C(NN)c1cccc(Cl)c1. The molecule has 3 heteroatoms. The lowest BCUT2D eigenvalue weighted by atomic mass is 9.83. The zero-order valence-corrected chi connectivity index (χ0v) is 9.60. The van der Waals surface area contributed by atoms with Gasteiger partial charge in [-0.3, -0.25) is 11.3 Å². The van der Waals surface area contributed by atoms with Gasteiger partial charge in [-0.2, -0.15) is 0 Å². The minimum Gasteiger partial charge on any atom is -0.271 e. The smallest absolute Gasteiger partial charge is 0.0508 e. The van der Waals surface area contributed by atoms with Crippen LogP contribution in [0.25, 0.3) is 0 Å². The minimum absolute atomic E-state index is 0.0689. The summed E-state index contributed by atoms with van der Waals surface area (Å²) in [5, 5.41) is 0.743. The van der Waals surface area contributed by atoms with E-state index < -0.39 is 0 Å². The molecular weight excluding hydrogens is 196 g/mol. The Labute approximate surface area is 90.4 Å². The zero-order chi connectivity index (χ0) is 10.8. The number of hydrogen-bond acceptors (Lipinski definition) is 2. The second-order valence-corrected chi connectivity index (χ2v) is 4.96. The van der Waals surface area contributed by atoms with E-state index in [4.69, 9.17) is 17.4 Å². The molecule has 0 amide bonds. The van der Waals surface area contributed by atoms with Crippen molar-refractivity contribution in [3.63, 3.8) is 0 Å². The average Bonchev–Trinajstić information content (AvgIpc) is 2.02. The maximum atomic E-state index is 5.93. The van der Waals surface area contributed by atoms with E-state index in [0.717, 1.165) is 10.6 Å². The first kappa shape index (κ1) is 11.5. The van der Waals surface area contributed by atoms with E-state index in [1.54, 1.807) is 0 Å². The van der Waals surface area contributed by atoms with Crippen molar-refractivity contribution in [3.05, 3.63) is 34.9 Å². The standard InChI is InChI=1S/C11H17ClN2/c1-11(2,3)10(14-13)8-5-4-6-9(12)7-8/h4-7,10,14H,13H2,1-3H3. The van der Waals surface area contributed by atoms with Crippen molar-refractivity contribution in [1.29, 1.82) is 0 Å². The molecule has 0 spiro atoms. The molecular formula is C11H17ClN2. The molecule has 0 aromatic heterocycles. The summed E-state index contributed by atoms with van der Waals surface area (Å²) >= 11 is 5.93. The Balaban J connectivity index is 3.01. The van der Waals surface area contributed by atoms with Crippen LogP contribution in [0.15, 0.2) is 24.3 Å². The van der Waals surface area contributed by atoms with Gasteiger partial charge < -0.3 is 0 Å². The molecule has 1 aromatic carbocycles. The highest BCUT2D eigenvalue weighted by molar-refractivity contribution is 6.30. The summed E-state index contributed by atoms with van der Waals surface area (Å²) in [5.41, 5.74) is 4.01. The van der Waals surface area contributed by atoms with E-state index in [2.05, 4.69) is 26.2 Å². The van der Waals surface area contributed by atoms with Gasteiger partial charge in [0.15, 0.2) is 0 Å². The summed E-state index contributed by atoms with van der Waals surface area (Å²) in [5.74, 6) is 5.55. The van der Waals surface area contributed by atoms with Gasteiger partial charge in [0.2, 0.25) is 0 Å². The van der Waals surface area contributed by atoms with E-state index in [0.29, 0.717) is 0 Å². The monoisotopic (exact) mass is 212 g/mol. The molecule has 0 fully saturated rings. The molecule has 0 aliphatic carbocycles. The second-order valence-electron chi connectivity index (χ2n) is 4.52. The van der Waals surface area contributed by atoms with Crippen LogP contribution >= 0.6 is 11.6 Å². The van der Waals surface area contributed by atoms with Crippen molar-refractivity contribution in [2.45, 2.75) is 26.8 Å². The molecule has 2 nitrogen and oxygen atoms in total. The van der Waals surface area contributed by atoms with Crippen molar-refractivity contribution in [3.8, 4) is 0 Å². The number of hydrogen-bond donors (Lipinski definition) is 2. The van der Waals surface area contributed by atoms with Crippen molar-refractivity contribution >= 4 is 11.6 Å². The Bertz CT molecular complexity index is 304. The quantitative estimate of drug-likeness (QED) is 0.585. The van der Waals surface area contributed by atoms with Gasteiger partial charge in [0.25, 0.3) is 0 Å². The molecule has 1 atom stereocenters. The highest BCUT2D eigenvalue weighted by Gasteiger charge is 2.24. The Morgan fingerprint density at radius 2 is 2.00 bits per heavy atom. The van der Waals surface area contributed by atoms with Crippen LogP contribution in [0.3, 0.4) is 0 Å². The summed E-state index contributed by atoms with van der Waals surface area (Å²) in [6.45, 7) is 6.41. The van der Waals surface area contributed by atoms with Gasteiger partial charge in [-0.05, 0) is 23.1 Å². The molecule has 0 radical (unpaired) electrons. The van der Waals surface area contributed by atoms with Crippen LogP contribution in [0.5, 0.6) is 0 Å². The van der Waals surface area contributed by atoms with Gasteiger partial charge in [-0.25, -0.2) is 0 Å². The fourth-order valence-electron chi connectivity index (χ4n) is 1.53. The fourth-order valence-corrected chi connectivity index (χ4v) is 1.73. The number of benzene rings is 1. The van der Waals surface area contributed by atoms with Crippen molar-refractivity contribution in [1.82, 2.24) is 5.43 Å². The van der Waals surface area contributed by atoms with Gasteiger partial charge in [0.05, 0.1) is 6.04 Å². The molecule has 3 N–H and O–H groups in total. The van der Waals surface area contributed by atoms with Crippen LogP contribution in [-0.4, -0.2) is 0 Å². The molecule has 78 valence electrons. The van der Waals surface area contributed by atoms with Gasteiger partial charge >= 0.3 is 0 Å². The van der Waals surface area contributed by atoms with E-state index in [1.807, 2.05) is 24.3 Å². The Hall–Kier alpha value is -0.570. The summed E-state index contributed by atoms with van der Waals surface area (Å²) in [4.78, 5) is 0. The predicted molar refractivity (Wildman–Crippen MR) is 61.0 cm³/mol. The molecule has 1 aromatic rings. The number of halogens is 1. The van der Waals surface area contributed by atoms with Crippen LogP contribution in [0.2, 0.25) is 5.02 Å². The highest BCUT2D eigenvalue weighted by Crippen LogP contribution is 2.32. The second kappa shape index (κ2) is 4.30. The molecule has 0 saturated carbocycles. The molecule has 0 aliphatic rings. The number of hydrazine groups is 1. The molecule has 0 saturated heterocycles. The number of nitrogens with two attached hydrogens (primary N) is 1. The molecule has 0 bridgehead atoms. The van der Waals surface area contributed by atoms with Crippen LogP contribution in [-0.2, 0) is 0 Å². The van der Waals surface area contributed by atoms with Crippen LogP contribution in [0, 0.1) is 5.41 Å². The van der Waals surface area contributed by atoms with E-state index >= 15 is 0 Å².